The van der Waals surface area contributed by atoms with Gasteiger partial charge in [-0.2, -0.15) is 0 Å². The van der Waals surface area contributed by atoms with E-state index in [0.717, 1.165) is 30.7 Å². The molecule has 2 aromatic carbocycles. The number of fused-ring (bicyclic) bond motifs is 1. The molecule has 0 saturated carbocycles. The minimum Gasteiger partial charge on any atom is -0.506 e. The molecule has 1 aliphatic heterocycles. The minimum atomic E-state index is 0.0688. The SMILES string of the molecule is O=C(c1ccc(-c2nc3ccccc3s2)s1)N1CCN(c2ccccc2O)CC1. The van der Waals surface area contributed by atoms with Crippen molar-refractivity contribution >= 4 is 44.5 Å². The van der Waals surface area contributed by atoms with Gasteiger partial charge in [0, 0.05) is 26.2 Å². The molecule has 0 radical (unpaired) electrons. The fraction of sp³-hybridized carbons (Fsp3) is 0.182. The van der Waals surface area contributed by atoms with E-state index in [1.807, 2.05) is 53.4 Å². The van der Waals surface area contributed by atoms with E-state index in [1.54, 1.807) is 17.4 Å². The zero-order valence-electron chi connectivity index (χ0n) is 15.6. The Kier molecular flexibility index (Phi) is 4.69. The zero-order valence-corrected chi connectivity index (χ0v) is 17.2. The number of phenols is 1. The van der Waals surface area contributed by atoms with Crippen LogP contribution in [0, 0.1) is 0 Å². The minimum absolute atomic E-state index is 0.0688. The first kappa shape index (κ1) is 18.1. The number of piperazine rings is 1. The highest BCUT2D eigenvalue weighted by Gasteiger charge is 2.24. The second-order valence-corrected chi connectivity index (χ2v) is 9.03. The molecule has 0 atom stereocenters. The normalized spacial score (nSPS) is 14.5. The fourth-order valence-electron chi connectivity index (χ4n) is 3.58. The first-order valence-corrected chi connectivity index (χ1v) is 11.1. The lowest BCUT2D eigenvalue weighted by Crippen LogP contribution is -2.48. The quantitative estimate of drug-likeness (QED) is 0.521. The molecule has 1 amide bonds. The Balaban J connectivity index is 1.29. The number of phenolic OH excluding ortho intramolecular Hbond substituents is 1. The molecule has 1 fully saturated rings. The van der Waals surface area contributed by atoms with E-state index in [9.17, 15) is 9.90 Å². The van der Waals surface area contributed by atoms with Crippen molar-refractivity contribution in [1.29, 1.82) is 0 Å². The van der Waals surface area contributed by atoms with Gasteiger partial charge in [0.15, 0.2) is 0 Å². The molecule has 29 heavy (non-hydrogen) atoms. The molecule has 5 rings (SSSR count). The number of carbonyl (C=O) groups excluding carboxylic acids is 1. The summed E-state index contributed by atoms with van der Waals surface area (Å²) in [5.74, 6) is 0.352. The first-order chi connectivity index (χ1) is 14.2. The second-order valence-electron chi connectivity index (χ2n) is 6.92. The number of thiazole rings is 1. The summed E-state index contributed by atoms with van der Waals surface area (Å²) in [6.45, 7) is 2.70. The molecule has 3 heterocycles. The van der Waals surface area contributed by atoms with Gasteiger partial charge in [0.2, 0.25) is 0 Å². The van der Waals surface area contributed by atoms with Gasteiger partial charge in [0.1, 0.15) is 10.8 Å². The van der Waals surface area contributed by atoms with Gasteiger partial charge in [-0.15, -0.1) is 22.7 Å². The molecular weight excluding hydrogens is 402 g/mol. The molecule has 1 saturated heterocycles. The van der Waals surface area contributed by atoms with Gasteiger partial charge in [0.05, 0.1) is 25.7 Å². The maximum absolute atomic E-state index is 13.0. The number of aromatic hydroxyl groups is 1. The first-order valence-electron chi connectivity index (χ1n) is 9.47. The Morgan fingerprint density at radius 2 is 1.66 bits per heavy atom. The predicted octanol–water partition coefficient (Wildman–Crippen LogP) is 4.69. The van der Waals surface area contributed by atoms with Gasteiger partial charge < -0.3 is 14.9 Å². The third-order valence-electron chi connectivity index (χ3n) is 5.11. The lowest BCUT2D eigenvalue weighted by molar-refractivity contribution is 0.0751. The number of rotatable bonds is 3. The van der Waals surface area contributed by atoms with Crippen molar-refractivity contribution < 1.29 is 9.90 Å². The summed E-state index contributed by atoms with van der Waals surface area (Å²) in [5, 5.41) is 11.0. The molecule has 4 aromatic rings. The maximum Gasteiger partial charge on any atom is 0.264 e. The number of hydrogen-bond donors (Lipinski definition) is 1. The molecule has 2 aromatic heterocycles. The van der Waals surface area contributed by atoms with Crippen LogP contribution in [-0.2, 0) is 0 Å². The van der Waals surface area contributed by atoms with Gasteiger partial charge in [0.25, 0.3) is 5.91 Å². The number of hydrogen-bond acceptors (Lipinski definition) is 6. The van der Waals surface area contributed by atoms with E-state index >= 15 is 0 Å². The molecule has 1 aliphatic rings. The number of carbonyl (C=O) groups is 1. The molecule has 0 spiro atoms. The molecule has 1 N–H and O–H groups in total. The van der Waals surface area contributed by atoms with E-state index < -0.39 is 0 Å². The van der Waals surface area contributed by atoms with Gasteiger partial charge >= 0.3 is 0 Å². The summed E-state index contributed by atoms with van der Waals surface area (Å²) in [6.07, 6.45) is 0. The van der Waals surface area contributed by atoms with Gasteiger partial charge in [-0.3, -0.25) is 4.79 Å². The Bertz CT molecular complexity index is 1140. The van der Waals surface area contributed by atoms with E-state index in [0.29, 0.717) is 26.2 Å². The standard InChI is InChI=1S/C22H19N3O2S2/c26-17-7-3-2-6-16(17)24-11-13-25(14-12-24)22(27)20-10-9-19(28-20)21-23-15-5-1-4-8-18(15)29-21/h1-10,26H,11-14H2. The van der Waals surface area contributed by atoms with Crippen LogP contribution >= 0.6 is 22.7 Å². The van der Waals surface area contributed by atoms with Crippen LogP contribution in [0.3, 0.4) is 0 Å². The van der Waals surface area contributed by atoms with Crippen LogP contribution in [0.15, 0.2) is 60.7 Å². The molecule has 5 nitrogen and oxygen atoms in total. The highest BCUT2D eigenvalue weighted by Crippen LogP contribution is 2.35. The predicted molar refractivity (Wildman–Crippen MR) is 119 cm³/mol. The van der Waals surface area contributed by atoms with Crippen LogP contribution in [0.25, 0.3) is 20.1 Å². The molecule has 146 valence electrons. The topological polar surface area (TPSA) is 56.7 Å². The summed E-state index contributed by atoms with van der Waals surface area (Å²) in [6, 6.07) is 19.3. The zero-order chi connectivity index (χ0) is 19.8. The van der Waals surface area contributed by atoms with Crippen LogP contribution in [0.5, 0.6) is 5.75 Å². The van der Waals surface area contributed by atoms with Crippen LogP contribution < -0.4 is 4.90 Å². The molecular formula is C22H19N3O2S2. The summed E-state index contributed by atoms with van der Waals surface area (Å²) in [5.41, 5.74) is 1.82. The van der Waals surface area contributed by atoms with Crippen molar-refractivity contribution in [3.8, 4) is 15.6 Å². The second kappa shape index (κ2) is 7.50. The van der Waals surface area contributed by atoms with Crippen LogP contribution in [0.2, 0.25) is 0 Å². The summed E-state index contributed by atoms with van der Waals surface area (Å²) in [4.78, 5) is 23.5. The van der Waals surface area contributed by atoms with Crippen molar-refractivity contribution in [2.24, 2.45) is 0 Å². The fourth-order valence-corrected chi connectivity index (χ4v) is 5.58. The Hall–Kier alpha value is -2.90. The number of nitrogens with zero attached hydrogens (tertiary/aromatic N) is 3. The van der Waals surface area contributed by atoms with Gasteiger partial charge in [-0.1, -0.05) is 24.3 Å². The van der Waals surface area contributed by atoms with Crippen molar-refractivity contribution in [3.63, 3.8) is 0 Å². The number of benzene rings is 2. The van der Waals surface area contributed by atoms with Crippen molar-refractivity contribution in [3.05, 3.63) is 65.5 Å². The molecule has 0 bridgehead atoms. The van der Waals surface area contributed by atoms with Crippen molar-refractivity contribution in [2.45, 2.75) is 0 Å². The highest BCUT2D eigenvalue weighted by molar-refractivity contribution is 7.26. The van der Waals surface area contributed by atoms with E-state index in [1.165, 1.54) is 11.3 Å². The number of thiophene rings is 1. The molecule has 0 unspecified atom stereocenters. The summed E-state index contributed by atoms with van der Waals surface area (Å²) < 4.78 is 1.16. The van der Waals surface area contributed by atoms with E-state index in [-0.39, 0.29) is 11.7 Å². The average molecular weight is 422 g/mol. The molecule has 7 heteroatoms. The van der Waals surface area contributed by atoms with Crippen LogP contribution in [0.1, 0.15) is 9.67 Å². The molecule has 0 aliphatic carbocycles. The number of anilines is 1. The third kappa shape index (κ3) is 3.47. The maximum atomic E-state index is 13.0. The Morgan fingerprint density at radius 1 is 0.897 bits per heavy atom. The van der Waals surface area contributed by atoms with Crippen molar-refractivity contribution in [2.75, 3.05) is 31.1 Å². The lowest BCUT2D eigenvalue weighted by Gasteiger charge is -2.36. The largest absolute Gasteiger partial charge is 0.506 e. The van der Waals surface area contributed by atoms with Crippen molar-refractivity contribution in [1.82, 2.24) is 9.88 Å². The number of amides is 1. The lowest BCUT2D eigenvalue weighted by atomic mass is 10.2. The number of aromatic nitrogens is 1. The number of para-hydroxylation sites is 3. The van der Waals surface area contributed by atoms with Crippen LogP contribution in [-0.4, -0.2) is 47.1 Å². The summed E-state index contributed by atoms with van der Waals surface area (Å²) in [7, 11) is 0. The average Bonchev–Trinajstić information content (AvgIpc) is 3.41. The Labute approximate surface area is 176 Å². The van der Waals surface area contributed by atoms with E-state index in [2.05, 4.69) is 11.0 Å². The highest BCUT2D eigenvalue weighted by atomic mass is 32.1. The smallest absolute Gasteiger partial charge is 0.264 e. The van der Waals surface area contributed by atoms with Gasteiger partial charge in [-0.05, 0) is 36.4 Å². The van der Waals surface area contributed by atoms with Crippen LogP contribution in [0.4, 0.5) is 5.69 Å². The van der Waals surface area contributed by atoms with E-state index in [4.69, 9.17) is 4.98 Å². The monoisotopic (exact) mass is 421 g/mol. The van der Waals surface area contributed by atoms with Gasteiger partial charge in [-0.25, -0.2) is 4.98 Å². The third-order valence-corrected chi connectivity index (χ3v) is 7.39. The summed E-state index contributed by atoms with van der Waals surface area (Å²) >= 11 is 3.16. The Morgan fingerprint density at radius 3 is 2.45 bits per heavy atom.